The number of sulfonamides is 1. The molecule has 0 saturated heterocycles. The van der Waals surface area contributed by atoms with Gasteiger partial charge in [-0.2, -0.15) is 4.72 Å². The summed E-state index contributed by atoms with van der Waals surface area (Å²) >= 11 is 0. The molecule has 17 heavy (non-hydrogen) atoms. The van der Waals surface area contributed by atoms with Gasteiger partial charge >= 0.3 is 0 Å². The molecule has 0 unspecified atom stereocenters. The highest BCUT2D eigenvalue weighted by Crippen LogP contribution is 2.31. The van der Waals surface area contributed by atoms with Crippen molar-refractivity contribution < 1.29 is 13.2 Å². The summed E-state index contributed by atoms with van der Waals surface area (Å²) in [7, 11) is -3.52. The fourth-order valence-corrected chi connectivity index (χ4v) is 3.28. The topological polar surface area (TPSA) is 67.4 Å². The van der Waals surface area contributed by atoms with Gasteiger partial charge in [0.2, 0.25) is 10.0 Å². The van der Waals surface area contributed by atoms with Crippen LogP contribution in [0.4, 0.5) is 5.69 Å². The summed E-state index contributed by atoms with van der Waals surface area (Å²) in [4.78, 5) is 0.249. The lowest BCUT2D eigenvalue weighted by Crippen LogP contribution is -2.55. The van der Waals surface area contributed by atoms with Crippen molar-refractivity contribution in [3.63, 3.8) is 0 Å². The molecule has 2 aliphatic heterocycles. The predicted octanol–water partition coefficient (Wildman–Crippen LogP) is 1.14. The standard InChI is InChI=1S/C11H10N2O3S/c14-17(15)10-4-2-1-3-9(10)12-11(13-17)5-7-16-8-6-11/h1-8,12-13H. The average Bonchev–Trinajstić information content (AvgIpc) is 2.29. The molecule has 0 amide bonds. The molecule has 0 aliphatic carbocycles. The van der Waals surface area contributed by atoms with Gasteiger partial charge in [0.1, 0.15) is 10.6 Å². The van der Waals surface area contributed by atoms with Crippen LogP contribution >= 0.6 is 0 Å². The van der Waals surface area contributed by atoms with E-state index in [4.69, 9.17) is 4.74 Å². The maximum atomic E-state index is 12.1. The van der Waals surface area contributed by atoms with Crippen LogP contribution in [0.3, 0.4) is 0 Å². The van der Waals surface area contributed by atoms with Crippen LogP contribution in [0.2, 0.25) is 0 Å². The lowest BCUT2D eigenvalue weighted by atomic mass is 10.1. The molecular weight excluding hydrogens is 240 g/mol. The number of para-hydroxylation sites is 1. The van der Waals surface area contributed by atoms with Gasteiger partial charge in [0, 0.05) is 0 Å². The SMILES string of the molecule is O=S1(=O)NC2(C=COC=C2)Nc2ccccc21. The van der Waals surface area contributed by atoms with Crippen LogP contribution in [-0.2, 0) is 14.8 Å². The van der Waals surface area contributed by atoms with Crippen LogP contribution < -0.4 is 10.0 Å². The number of rotatable bonds is 0. The summed E-state index contributed by atoms with van der Waals surface area (Å²) < 4.78 is 31.7. The van der Waals surface area contributed by atoms with Gasteiger partial charge in [-0.25, -0.2) is 8.42 Å². The Kier molecular flexibility index (Phi) is 2.04. The number of benzene rings is 1. The molecule has 3 rings (SSSR count). The lowest BCUT2D eigenvalue weighted by molar-refractivity contribution is 0.375. The van der Waals surface area contributed by atoms with Crippen molar-refractivity contribution in [1.82, 2.24) is 4.72 Å². The molecule has 1 aromatic rings. The van der Waals surface area contributed by atoms with Crippen LogP contribution in [0.5, 0.6) is 0 Å². The molecule has 5 nitrogen and oxygen atoms in total. The number of nitrogens with one attached hydrogen (secondary N) is 2. The molecule has 0 radical (unpaired) electrons. The largest absolute Gasteiger partial charge is 0.473 e. The zero-order valence-corrected chi connectivity index (χ0v) is 9.57. The number of anilines is 1. The lowest BCUT2D eigenvalue weighted by Gasteiger charge is -2.36. The van der Waals surface area contributed by atoms with Gasteiger partial charge in [0.15, 0.2) is 0 Å². The van der Waals surface area contributed by atoms with Crippen molar-refractivity contribution in [2.75, 3.05) is 5.32 Å². The first-order valence-corrected chi connectivity index (χ1v) is 6.52. The Morgan fingerprint density at radius 2 is 1.82 bits per heavy atom. The zero-order valence-electron chi connectivity index (χ0n) is 8.75. The summed E-state index contributed by atoms with van der Waals surface area (Å²) in [5.41, 5.74) is -0.367. The number of hydrogen-bond donors (Lipinski definition) is 2. The van der Waals surface area contributed by atoms with Gasteiger partial charge in [0.25, 0.3) is 0 Å². The van der Waals surface area contributed by atoms with E-state index in [1.165, 1.54) is 12.5 Å². The van der Waals surface area contributed by atoms with E-state index in [9.17, 15) is 8.42 Å². The summed E-state index contributed by atoms with van der Waals surface area (Å²) in [5.74, 6) is 0. The summed E-state index contributed by atoms with van der Waals surface area (Å²) in [6.45, 7) is 0. The molecular formula is C11H10N2O3S. The van der Waals surface area contributed by atoms with Crippen molar-refractivity contribution in [2.24, 2.45) is 0 Å². The molecule has 2 heterocycles. The van der Waals surface area contributed by atoms with Crippen molar-refractivity contribution >= 4 is 15.7 Å². The molecule has 0 fully saturated rings. The first-order chi connectivity index (χ1) is 8.11. The second-order valence-corrected chi connectivity index (χ2v) is 5.49. The van der Waals surface area contributed by atoms with E-state index >= 15 is 0 Å². The van der Waals surface area contributed by atoms with Crippen molar-refractivity contribution in [1.29, 1.82) is 0 Å². The third-order valence-corrected chi connectivity index (χ3v) is 4.18. The van der Waals surface area contributed by atoms with Crippen LogP contribution in [0, 0.1) is 0 Å². The number of hydrogen-bond acceptors (Lipinski definition) is 4. The zero-order chi connectivity index (χ0) is 11.9. The van der Waals surface area contributed by atoms with Crippen LogP contribution in [0.1, 0.15) is 0 Å². The second kappa shape index (κ2) is 3.35. The maximum Gasteiger partial charge on any atom is 0.245 e. The third kappa shape index (κ3) is 1.62. The quantitative estimate of drug-likeness (QED) is 0.724. The summed E-state index contributed by atoms with van der Waals surface area (Å²) in [6, 6.07) is 6.76. The van der Waals surface area contributed by atoms with E-state index in [-0.39, 0.29) is 4.90 Å². The van der Waals surface area contributed by atoms with Crippen molar-refractivity contribution in [3.8, 4) is 0 Å². The molecule has 0 aromatic heterocycles. The molecule has 1 spiro atoms. The highest BCUT2D eigenvalue weighted by atomic mass is 32.2. The van der Waals surface area contributed by atoms with Crippen LogP contribution in [-0.4, -0.2) is 14.1 Å². The molecule has 0 bridgehead atoms. The van der Waals surface area contributed by atoms with Gasteiger partial charge in [-0.15, -0.1) is 0 Å². The molecule has 2 aliphatic rings. The fourth-order valence-electron chi connectivity index (χ4n) is 1.88. The molecule has 2 N–H and O–H groups in total. The minimum atomic E-state index is -3.52. The smallest absolute Gasteiger partial charge is 0.245 e. The Balaban J connectivity index is 2.17. The maximum absolute atomic E-state index is 12.1. The average molecular weight is 250 g/mol. The summed E-state index contributed by atoms with van der Waals surface area (Å²) in [6.07, 6.45) is 6.09. The first kappa shape index (κ1) is 10.4. The summed E-state index contributed by atoms with van der Waals surface area (Å²) in [5, 5.41) is 3.12. The Labute approximate surface area is 98.8 Å². The van der Waals surface area contributed by atoms with Gasteiger partial charge < -0.3 is 10.1 Å². The predicted molar refractivity (Wildman–Crippen MR) is 62.5 cm³/mol. The second-order valence-electron chi connectivity index (χ2n) is 3.84. The Hall–Kier alpha value is -1.79. The van der Waals surface area contributed by atoms with E-state index in [2.05, 4.69) is 10.0 Å². The Bertz CT molecular complexity index is 607. The van der Waals surface area contributed by atoms with E-state index in [0.717, 1.165) is 0 Å². The normalized spacial score (nSPS) is 22.6. The molecule has 6 heteroatoms. The van der Waals surface area contributed by atoms with Crippen molar-refractivity contribution in [3.05, 3.63) is 48.9 Å². The molecule has 88 valence electrons. The van der Waals surface area contributed by atoms with Crippen LogP contribution in [0.15, 0.2) is 53.8 Å². The van der Waals surface area contributed by atoms with Crippen molar-refractivity contribution in [2.45, 2.75) is 10.6 Å². The fraction of sp³-hybridized carbons (Fsp3) is 0.0909. The first-order valence-electron chi connectivity index (χ1n) is 5.03. The number of ether oxygens (including phenoxy) is 1. The van der Waals surface area contributed by atoms with Gasteiger partial charge in [-0.3, -0.25) is 0 Å². The van der Waals surface area contributed by atoms with Gasteiger partial charge in [0.05, 0.1) is 18.2 Å². The highest BCUT2D eigenvalue weighted by molar-refractivity contribution is 7.89. The van der Waals surface area contributed by atoms with E-state index in [1.807, 2.05) is 0 Å². The van der Waals surface area contributed by atoms with E-state index < -0.39 is 15.7 Å². The minimum absolute atomic E-state index is 0.249. The van der Waals surface area contributed by atoms with Crippen LogP contribution in [0.25, 0.3) is 0 Å². The Morgan fingerprint density at radius 1 is 1.12 bits per heavy atom. The Morgan fingerprint density at radius 3 is 2.59 bits per heavy atom. The molecule has 0 saturated carbocycles. The third-order valence-electron chi connectivity index (χ3n) is 2.64. The number of fused-ring (bicyclic) bond motifs is 1. The van der Waals surface area contributed by atoms with Gasteiger partial charge in [-0.1, -0.05) is 12.1 Å². The highest BCUT2D eigenvalue weighted by Gasteiger charge is 2.38. The van der Waals surface area contributed by atoms with Gasteiger partial charge in [-0.05, 0) is 24.3 Å². The van der Waals surface area contributed by atoms with E-state index in [0.29, 0.717) is 5.69 Å². The molecule has 0 atom stereocenters. The monoisotopic (exact) mass is 250 g/mol. The van der Waals surface area contributed by atoms with E-state index in [1.54, 1.807) is 36.4 Å². The minimum Gasteiger partial charge on any atom is -0.473 e. The molecule has 1 aromatic carbocycles.